The molecule has 0 saturated carbocycles. The van der Waals surface area contributed by atoms with Gasteiger partial charge in [-0.25, -0.2) is 0 Å². The molecule has 0 spiro atoms. The van der Waals surface area contributed by atoms with Crippen molar-refractivity contribution >= 4 is 34.2 Å². The Morgan fingerprint density at radius 2 is 2.11 bits per heavy atom. The summed E-state index contributed by atoms with van der Waals surface area (Å²) in [6.07, 6.45) is 0. The van der Waals surface area contributed by atoms with E-state index in [2.05, 4.69) is 6.07 Å². The van der Waals surface area contributed by atoms with Crippen molar-refractivity contribution in [1.82, 2.24) is 4.57 Å². The number of hydrogen-bond donors (Lipinski definition) is 0. The number of rotatable bonds is 2. The molecule has 0 amide bonds. The zero-order chi connectivity index (χ0) is 13.3. The van der Waals surface area contributed by atoms with Crippen molar-refractivity contribution in [2.24, 2.45) is 0 Å². The molecule has 1 heterocycles. The first-order valence-electron chi connectivity index (χ1n) is 5.62. The van der Waals surface area contributed by atoms with Crippen molar-refractivity contribution in [3.63, 3.8) is 0 Å². The Balaban J connectivity index is 0.00000180. The largest absolute Gasteiger partial charge is 0.342 e. The Kier molecular flexibility index (Phi) is 6.71. The van der Waals surface area contributed by atoms with Crippen LogP contribution in [0.3, 0.4) is 0 Å². The van der Waals surface area contributed by atoms with E-state index in [1.165, 1.54) is 0 Å². The third-order valence-electron chi connectivity index (χ3n) is 2.81. The molecule has 2 aromatic rings. The molecule has 0 aliphatic carbocycles. The smallest absolute Gasteiger partial charge is 0.207 e. The number of nitrogens with zero attached hydrogens (tertiary/aromatic N) is 1. The van der Waals surface area contributed by atoms with Gasteiger partial charge < -0.3 is 4.57 Å². The van der Waals surface area contributed by atoms with Gasteiger partial charge in [0.15, 0.2) is 0 Å². The zero-order valence-corrected chi connectivity index (χ0v) is 16.5. The van der Waals surface area contributed by atoms with Gasteiger partial charge in [-0.15, -0.1) is 28.7 Å². The number of aryl methyl sites for hydroxylation is 1. The molecule has 1 radical (unpaired) electrons. The average molecular weight is 462 g/mol. The van der Waals surface area contributed by atoms with Crippen molar-refractivity contribution in [3.05, 3.63) is 54.8 Å². The second-order valence-corrected chi connectivity index (χ2v) is 5.59. The van der Waals surface area contributed by atoms with Crippen LogP contribution >= 0.6 is 34.2 Å². The Morgan fingerprint density at radius 3 is 2.68 bits per heavy atom. The number of benzene rings is 1. The maximum absolute atomic E-state index is 12.1. The fourth-order valence-corrected chi connectivity index (χ4v) is 2.59. The maximum Gasteiger partial charge on any atom is 0.207 e. The van der Waals surface area contributed by atoms with Crippen LogP contribution in [0.25, 0.3) is 11.3 Å². The zero-order valence-electron chi connectivity index (χ0n) is 10.7. The van der Waals surface area contributed by atoms with Crippen LogP contribution in [-0.2, 0) is 39.3 Å². The quantitative estimate of drug-likeness (QED) is 0.491. The Labute approximate surface area is 156 Å². The minimum absolute atomic E-state index is 0. The van der Waals surface area contributed by atoms with E-state index in [0.29, 0.717) is 15.1 Å². The number of halogens is 2. The van der Waals surface area contributed by atoms with Crippen molar-refractivity contribution in [1.29, 1.82) is 0 Å². The van der Waals surface area contributed by atoms with Crippen molar-refractivity contribution in [2.75, 3.05) is 0 Å². The first kappa shape index (κ1) is 17.3. The molecule has 2 nitrogen and oxygen atoms in total. The molecular weight excluding hydrogens is 449 g/mol. The SMILES string of the molecule is CCn1c(-c2ccc(Cl)cc2C)[c-]cc(I)c1=O.[Y]. The minimum Gasteiger partial charge on any atom is -0.342 e. The van der Waals surface area contributed by atoms with Crippen LogP contribution in [-0.4, -0.2) is 4.57 Å². The van der Waals surface area contributed by atoms with Gasteiger partial charge in [0.25, 0.3) is 0 Å². The van der Waals surface area contributed by atoms with Crippen LogP contribution in [0.1, 0.15) is 12.5 Å². The molecule has 0 fully saturated rings. The molecule has 0 saturated heterocycles. The summed E-state index contributed by atoms with van der Waals surface area (Å²) in [6, 6.07) is 10.6. The van der Waals surface area contributed by atoms with Crippen molar-refractivity contribution in [3.8, 4) is 11.3 Å². The normalized spacial score (nSPS) is 10.1. The molecule has 19 heavy (non-hydrogen) atoms. The fraction of sp³-hybridized carbons (Fsp3) is 0.214. The van der Waals surface area contributed by atoms with E-state index < -0.39 is 0 Å². The number of hydrogen-bond acceptors (Lipinski definition) is 1. The van der Waals surface area contributed by atoms with Gasteiger partial charge in [-0.1, -0.05) is 47.5 Å². The van der Waals surface area contributed by atoms with Crippen LogP contribution in [0.2, 0.25) is 5.02 Å². The topological polar surface area (TPSA) is 22.0 Å². The first-order valence-corrected chi connectivity index (χ1v) is 7.07. The summed E-state index contributed by atoms with van der Waals surface area (Å²) in [6.45, 7) is 4.57. The van der Waals surface area contributed by atoms with Gasteiger partial charge in [0, 0.05) is 44.3 Å². The molecule has 0 aliphatic heterocycles. The van der Waals surface area contributed by atoms with Crippen LogP contribution < -0.4 is 5.56 Å². The second-order valence-electron chi connectivity index (χ2n) is 3.99. The molecule has 0 unspecified atom stereocenters. The summed E-state index contributed by atoms with van der Waals surface area (Å²) < 4.78 is 2.42. The van der Waals surface area contributed by atoms with E-state index >= 15 is 0 Å². The predicted molar refractivity (Wildman–Crippen MR) is 83.1 cm³/mol. The van der Waals surface area contributed by atoms with E-state index in [4.69, 9.17) is 11.6 Å². The Morgan fingerprint density at radius 1 is 1.42 bits per heavy atom. The van der Waals surface area contributed by atoms with E-state index in [1.54, 1.807) is 10.6 Å². The molecular formula is C14H12ClINOY-. The van der Waals surface area contributed by atoms with Gasteiger partial charge >= 0.3 is 0 Å². The monoisotopic (exact) mass is 461 g/mol. The van der Waals surface area contributed by atoms with Crippen molar-refractivity contribution in [2.45, 2.75) is 20.4 Å². The Bertz CT molecular complexity index is 654. The Hall–Kier alpha value is 0.294. The van der Waals surface area contributed by atoms with Gasteiger partial charge in [0.05, 0.1) is 0 Å². The van der Waals surface area contributed by atoms with Gasteiger partial charge in [0.1, 0.15) is 0 Å². The summed E-state index contributed by atoms with van der Waals surface area (Å²) in [7, 11) is 0. The molecule has 97 valence electrons. The molecule has 0 aliphatic rings. The van der Waals surface area contributed by atoms with Crippen LogP contribution in [0.15, 0.2) is 29.1 Å². The molecule has 0 N–H and O–H groups in total. The molecule has 1 aromatic carbocycles. The summed E-state index contributed by atoms with van der Waals surface area (Å²) in [5.74, 6) is 0. The summed E-state index contributed by atoms with van der Waals surface area (Å²) in [5.41, 5.74) is 2.88. The van der Waals surface area contributed by atoms with E-state index in [0.717, 1.165) is 16.8 Å². The summed E-state index contributed by atoms with van der Waals surface area (Å²) in [5, 5.41) is 0.701. The van der Waals surface area contributed by atoms with Gasteiger partial charge in [-0.3, -0.25) is 4.79 Å². The second kappa shape index (κ2) is 7.34. The molecule has 2 rings (SSSR count). The third-order valence-corrected chi connectivity index (χ3v) is 3.82. The van der Waals surface area contributed by atoms with E-state index in [1.807, 2.05) is 54.6 Å². The third kappa shape index (κ3) is 3.69. The number of aromatic nitrogens is 1. The minimum atomic E-state index is 0. The standard InChI is InChI=1S/C14H12ClINO.Y/c1-3-17-13(7-6-12(16)14(17)18)11-5-4-10(15)8-9(11)2;/h4-6,8H,3H2,1-2H3;/q-1;. The van der Waals surface area contributed by atoms with Crippen LogP contribution in [0.5, 0.6) is 0 Å². The van der Waals surface area contributed by atoms with E-state index in [-0.39, 0.29) is 38.3 Å². The van der Waals surface area contributed by atoms with Gasteiger partial charge in [-0.2, -0.15) is 12.1 Å². The van der Waals surface area contributed by atoms with Gasteiger partial charge in [0.2, 0.25) is 5.56 Å². The first-order chi connectivity index (χ1) is 8.54. The number of pyridine rings is 1. The summed E-state index contributed by atoms with van der Waals surface area (Å²) in [4.78, 5) is 12.1. The molecule has 0 atom stereocenters. The molecule has 5 heteroatoms. The molecule has 0 bridgehead atoms. The molecule has 1 aromatic heterocycles. The van der Waals surface area contributed by atoms with Crippen LogP contribution in [0.4, 0.5) is 0 Å². The predicted octanol–water partition coefficient (Wildman–Crippen LogP) is 3.90. The fourth-order valence-electron chi connectivity index (χ4n) is 1.92. The van der Waals surface area contributed by atoms with E-state index in [9.17, 15) is 4.79 Å². The maximum atomic E-state index is 12.1. The van der Waals surface area contributed by atoms with Gasteiger partial charge in [-0.05, 0) is 10.5 Å². The average Bonchev–Trinajstić information content (AvgIpc) is 2.33. The van der Waals surface area contributed by atoms with Crippen molar-refractivity contribution < 1.29 is 32.7 Å². The van der Waals surface area contributed by atoms with Crippen LogP contribution in [0, 0.1) is 16.6 Å². The summed E-state index contributed by atoms with van der Waals surface area (Å²) >= 11 is 7.99.